The Labute approximate surface area is 106 Å². The van der Waals surface area contributed by atoms with Crippen molar-refractivity contribution in [3.8, 4) is 0 Å². The van der Waals surface area contributed by atoms with Crippen LogP contribution in [0.25, 0.3) is 11.0 Å². The molecule has 0 fully saturated rings. The van der Waals surface area contributed by atoms with E-state index in [1.807, 2.05) is 23.4 Å². The Morgan fingerprint density at radius 2 is 2.39 bits per heavy atom. The first kappa shape index (κ1) is 11.0. The zero-order valence-corrected chi connectivity index (χ0v) is 10.5. The van der Waals surface area contributed by atoms with Crippen molar-refractivity contribution < 1.29 is 0 Å². The molecule has 0 spiro atoms. The number of rotatable bonds is 3. The van der Waals surface area contributed by atoms with Crippen LogP contribution in [-0.2, 0) is 6.54 Å². The molecule has 7 heteroatoms. The standard InChI is InChI=1S/C11H11N5OS/c1-16(5-7-2-3-18-6-7)11-13-9-8(4-12-15-9)10(17)14-11/h2-4,6H,5H2,1H3,(H2,12,13,14,15,17). The third-order valence-corrected chi connectivity index (χ3v) is 3.40. The van der Waals surface area contributed by atoms with Crippen molar-refractivity contribution >= 4 is 28.3 Å². The molecule has 2 N–H and O–H groups in total. The SMILES string of the molecule is CN(Cc1ccsc1)c1nc2[nH]ncc2c(=O)[nH]1. The topological polar surface area (TPSA) is 77.7 Å². The second-order valence-corrected chi connectivity index (χ2v) is 4.79. The summed E-state index contributed by atoms with van der Waals surface area (Å²) in [6.07, 6.45) is 1.48. The van der Waals surface area contributed by atoms with Gasteiger partial charge in [-0.25, -0.2) is 0 Å². The zero-order chi connectivity index (χ0) is 12.5. The van der Waals surface area contributed by atoms with E-state index >= 15 is 0 Å². The minimum atomic E-state index is -0.180. The van der Waals surface area contributed by atoms with Crippen molar-refractivity contribution in [3.63, 3.8) is 0 Å². The van der Waals surface area contributed by atoms with E-state index in [9.17, 15) is 4.79 Å². The van der Waals surface area contributed by atoms with Crippen molar-refractivity contribution in [1.29, 1.82) is 0 Å². The van der Waals surface area contributed by atoms with E-state index in [0.29, 0.717) is 23.5 Å². The molecule has 0 amide bonds. The molecular formula is C11H11N5OS. The Kier molecular flexibility index (Phi) is 2.60. The lowest BCUT2D eigenvalue weighted by atomic mass is 10.3. The van der Waals surface area contributed by atoms with E-state index in [2.05, 4.69) is 25.5 Å². The van der Waals surface area contributed by atoms with Crippen LogP contribution < -0.4 is 10.5 Å². The summed E-state index contributed by atoms with van der Waals surface area (Å²) in [6, 6.07) is 2.05. The van der Waals surface area contributed by atoms with Crippen LogP contribution in [0.1, 0.15) is 5.56 Å². The third-order valence-electron chi connectivity index (χ3n) is 2.67. The maximum absolute atomic E-state index is 11.8. The summed E-state index contributed by atoms with van der Waals surface area (Å²) in [5.41, 5.74) is 1.52. The van der Waals surface area contributed by atoms with Crippen molar-refractivity contribution in [2.24, 2.45) is 0 Å². The first-order chi connectivity index (χ1) is 8.74. The highest BCUT2D eigenvalue weighted by Crippen LogP contribution is 2.13. The maximum atomic E-state index is 11.8. The minimum Gasteiger partial charge on any atom is -0.341 e. The molecule has 0 aliphatic carbocycles. The molecule has 0 aromatic carbocycles. The normalized spacial score (nSPS) is 10.9. The van der Waals surface area contributed by atoms with Crippen LogP contribution in [0.4, 0.5) is 5.95 Å². The molecule has 0 unspecified atom stereocenters. The van der Waals surface area contributed by atoms with E-state index in [-0.39, 0.29) is 5.56 Å². The lowest BCUT2D eigenvalue weighted by Crippen LogP contribution is -2.22. The Morgan fingerprint density at radius 1 is 1.50 bits per heavy atom. The summed E-state index contributed by atoms with van der Waals surface area (Å²) in [6.45, 7) is 0.700. The highest BCUT2D eigenvalue weighted by molar-refractivity contribution is 7.07. The molecule has 3 aromatic rings. The van der Waals surface area contributed by atoms with Crippen LogP contribution in [-0.4, -0.2) is 27.2 Å². The number of hydrogen-bond donors (Lipinski definition) is 2. The molecule has 0 radical (unpaired) electrons. The first-order valence-electron chi connectivity index (χ1n) is 5.39. The zero-order valence-electron chi connectivity index (χ0n) is 9.67. The van der Waals surface area contributed by atoms with Crippen LogP contribution in [0, 0.1) is 0 Å². The molecule has 6 nitrogen and oxygen atoms in total. The highest BCUT2D eigenvalue weighted by atomic mass is 32.1. The molecule has 0 saturated heterocycles. The molecule has 0 aliphatic rings. The van der Waals surface area contributed by atoms with Gasteiger partial charge in [0, 0.05) is 13.6 Å². The molecule has 18 heavy (non-hydrogen) atoms. The molecule has 3 heterocycles. The number of fused-ring (bicyclic) bond motifs is 1. The van der Waals surface area contributed by atoms with Crippen LogP contribution in [0.2, 0.25) is 0 Å². The quantitative estimate of drug-likeness (QED) is 0.746. The average Bonchev–Trinajstić information content (AvgIpc) is 2.98. The summed E-state index contributed by atoms with van der Waals surface area (Å²) >= 11 is 1.65. The molecule has 0 aliphatic heterocycles. The predicted molar refractivity (Wildman–Crippen MR) is 70.9 cm³/mol. The number of nitrogens with zero attached hydrogens (tertiary/aromatic N) is 3. The Morgan fingerprint density at radius 3 is 3.17 bits per heavy atom. The van der Waals surface area contributed by atoms with Crippen LogP contribution >= 0.6 is 11.3 Å². The van der Waals surface area contributed by atoms with E-state index in [1.165, 1.54) is 11.8 Å². The van der Waals surface area contributed by atoms with Gasteiger partial charge in [-0.05, 0) is 22.4 Å². The van der Waals surface area contributed by atoms with Gasteiger partial charge in [-0.1, -0.05) is 0 Å². The van der Waals surface area contributed by atoms with Crippen LogP contribution in [0.15, 0.2) is 27.8 Å². The number of hydrogen-bond acceptors (Lipinski definition) is 5. The molecule has 0 saturated carbocycles. The lowest BCUT2D eigenvalue weighted by Gasteiger charge is -2.16. The van der Waals surface area contributed by atoms with Crippen molar-refractivity contribution in [3.05, 3.63) is 38.9 Å². The fourth-order valence-electron chi connectivity index (χ4n) is 1.75. The monoisotopic (exact) mass is 261 g/mol. The van der Waals surface area contributed by atoms with Gasteiger partial charge in [0.15, 0.2) is 5.65 Å². The lowest BCUT2D eigenvalue weighted by molar-refractivity contribution is 0.869. The highest BCUT2D eigenvalue weighted by Gasteiger charge is 2.09. The number of nitrogens with one attached hydrogen (secondary N) is 2. The van der Waals surface area contributed by atoms with Gasteiger partial charge in [-0.15, -0.1) is 0 Å². The molecule has 92 valence electrons. The van der Waals surface area contributed by atoms with Gasteiger partial charge in [-0.3, -0.25) is 14.9 Å². The van der Waals surface area contributed by atoms with Gasteiger partial charge in [-0.2, -0.15) is 21.4 Å². The predicted octanol–water partition coefficient (Wildman–Crippen LogP) is 1.34. The number of aromatic nitrogens is 4. The number of aromatic amines is 2. The molecule has 3 aromatic heterocycles. The van der Waals surface area contributed by atoms with Gasteiger partial charge >= 0.3 is 0 Å². The first-order valence-corrected chi connectivity index (χ1v) is 6.34. The van der Waals surface area contributed by atoms with Crippen molar-refractivity contribution in [2.45, 2.75) is 6.54 Å². The van der Waals surface area contributed by atoms with E-state index in [4.69, 9.17) is 0 Å². The van der Waals surface area contributed by atoms with Gasteiger partial charge < -0.3 is 4.90 Å². The Hall–Kier alpha value is -2.15. The summed E-state index contributed by atoms with van der Waals surface area (Å²) in [7, 11) is 1.89. The smallest absolute Gasteiger partial charge is 0.263 e. The average molecular weight is 261 g/mol. The maximum Gasteiger partial charge on any atom is 0.263 e. The molecular weight excluding hydrogens is 250 g/mol. The van der Waals surface area contributed by atoms with Crippen molar-refractivity contribution in [1.82, 2.24) is 20.2 Å². The largest absolute Gasteiger partial charge is 0.341 e. The summed E-state index contributed by atoms with van der Waals surface area (Å²) < 4.78 is 0. The van der Waals surface area contributed by atoms with Gasteiger partial charge in [0.25, 0.3) is 5.56 Å². The Balaban J connectivity index is 1.96. The van der Waals surface area contributed by atoms with Crippen molar-refractivity contribution in [2.75, 3.05) is 11.9 Å². The van der Waals surface area contributed by atoms with Gasteiger partial charge in [0.05, 0.1) is 6.20 Å². The Bertz CT molecular complexity index is 714. The van der Waals surface area contributed by atoms with E-state index < -0.39 is 0 Å². The van der Waals surface area contributed by atoms with Crippen LogP contribution in [0.3, 0.4) is 0 Å². The molecule has 3 rings (SSSR count). The molecule has 0 bridgehead atoms. The van der Waals surface area contributed by atoms with Gasteiger partial charge in [0.2, 0.25) is 5.95 Å². The summed E-state index contributed by atoms with van der Waals surface area (Å²) in [4.78, 5) is 20.8. The molecule has 0 atom stereocenters. The third kappa shape index (κ3) is 1.88. The number of anilines is 1. The fraction of sp³-hybridized carbons (Fsp3) is 0.182. The summed E-state index contributed by atoms with van der Waals surface area (Å²) in [5.74, 6) is 0.531. The minimum absolute atomic E-state index is 0.180. The summed E-state index contributed by atoms with van der Waals surface area (Å²) in [5, 5.41) is 11.1. The number of thiophene rings is 1. The second-order valence-electron chi connectivity index (χ2n) is 4.01. The van der Waals surface area contributed by atoms with Crippen LogP contribution in [0.5, 0.6) is 0 Å². The number of H-pyrrole nitrogens is 2. The second kappa shape index (κ2) is 4.26. The van der Waals surface area contributed by atoms with Gasteiger partial charge in [0.1, 0.15) is 5.39 Å². The van der Waals surface area contributed by atoms with E-state index in [1.54, 1.807) is 11.3 Å². The van der Waals surface area contributed by atoms with E-state index in [0.717, 1.165) is 0 Å². The fourth-order valence-corrected chi connectivity index (χ4v) is 2.41.